The van der Waals surface area contributed by atoms with Crippen molar-refractivity contribution in [2.75, 3.05) is 31.1 Å². The quantitative estimate of drug-likeness (QED) is 0.709. The second-order valence-electron chi connectivity index (χ2n) is 6.24. The molecule has 0 bridgehead atoms. The second-order valence-corrected chi connectivity index (χ2v) is 6.24. The SMILES string of the molecule is O=C(Cn1ncc(=O)c2ccccc21)N1CCN(c2ccccn2)CC1. The van der Waals surface area contributed by atoms with Gasteiger partial charge in [-0.15, -0.1) is 0 Å². The molecule has 0 N–H and O–H groups in total. The Kier molecular flexibility index (Phi) is 4.35. The van der Waals surface area contributed by atoms with E-state index in [9.17, 15) is 9.59 Å². The summed E-state index contributed by atoms with van der Waals surface area (Å²) >= 11 is 0. The Labute approximate surface area is 150 Å². The minimum Gasteiger partial charge on any atom is -0.353 e. The van der Waals surface area contributed by atoms with Crippen LogP contribution in [-0.4, -0.2) is 51.8 Å². The molecule has 4 rings (SSSR count). The van der Waals surface area contributed by atoms with Gasteiger partial charge in [-0.2, -0.15) is 5.10 Å². The minimum absolute atomic E-state index is 0.00646. The fourth-order valence-electron chi connectivity index (χ4n) is 3.24. The van der Waals surface area contributed by atoms with Crippen molar-refractivity contribution in [3.05, 3.63) is 65.1 Å². The van der Waals surface area contributed by atoms with Gasteiger partial charge in [0.2, 0.25) is 11.3 Å². The van der Waals surface area contributed by atoms with E-state index >= 15 is 0 Å². The number of carbonyl (C=O) groups excluding carboxylic acids is 1. The first-order valence-electron chi connectivity index (χ1n) is 8.61. The van der Waals surface area contributed by atoms with Gasteiger partial charge < -0.3 is 9.80 Å². The van der Waals surface area contributed by atoms with Gasteiger partial charge in [-0.25, -0.2) is 4.98 Å². The van der Waals surface area contributed by atoms with Crippen LogP contribution in [0.5, 0.6) is 0 Å². The zero-order chi connectivity index (χ0) is 17.9. The van der Waals surface area contributed by atoms with E-state index in [1.54, 1.807) is 16.9 Å². The Morgan fingerprint density at radius 3 is 2.54 bits per heavy atom. The number of benzene rings is 1. The molecular formula is C19H19N5O2. The Balaban J connectivity index is 1.45. The molecule has 3 aromatic rings. The number of para-hydroxylation sites is 1. The average Bonchev–Trinajstić information content (AvgIpc) is 2.71. The van der Waals surface area contributed by atoms with Gasteiger partial charge in [0, 0.05) is 37.8 Å². The molecule has 0 atom stereocenters. The van der Waals surface area contributed by atoms with Gasteiger partial charge in [-0.05, 0) is 24.3 Å². The summed E-state index contributed by atoms with van der Waals surface area (Å²) < 4.78 is 1.60. The van der Waals surface area contributed by atoms with Crippen molar-refractivity contribution in [2.45, 2.75) is 6.54 Å². The molecule has 0 aliphatic carbocycles. The van der Waals surface area contributed by atoms with E-state index in [0.717, 1.165) is 18.9 Å². The number of amides is 1. The van der Waals surface area contributed by atoms with Gasteiger partial charge in [0.25, 0.3) is 0 Å². The van der Waals surface area contributed by atoms with E-state index in [2.05, 4.69) is 15.0 Å². The van der Waals surface area contributed by atoms with Crippen LogP contribution in [0, 0.1) is 0 Å². The van der Waals surface area contributed by atoms with Crippen molar-refractivity contribution in [3.8, 4) is 0 Å². The smallest absolute Gasteiger partial charge is 0.244 e. The fourth-order valence-corrected chi connectivity index (χ4v) is 3.24. The number of hydrogen-bond acceptors (Lipinski definition) is 5. The maximum atomic E-state index is 12.7. The molecule has 3 heterocycles. The third kappa shape index (κ3) is 3.15. The van der Waals surface area contributed by atoms with Gasteiger partial charge in [0.05, 0.1) is 11.7 Å². The number of nitrogens with zero attached hydrogens (tertiary/aromatic N) is 5. The lowest BCUT2D eigenvalue weighted by Crippen LogP contribution is -2.50. The number of pyridine rings is 1. The maximum Gasteiger partial charge on any atom is 0.244 e. The van der Waals surface area contributed by atoms with Gasteiger partial charge in [0.1, 0.15) is 12.4 Å². The van der Waals surface area contributed by atoms with Crippen molar-refractivity contribution < 1.29 is 4.79 Å². The number of rotatable bonds is 3. The zero-order valence-electron chi connectivity index (χ0n) is 14.3. The normalized spacial score (nSPS) is 14.6. The van der Waals surface area contributed by atoms with Crippen LogP contribution >= 0.6 is 0 Å². The average molecular weight is 349 g/mol. The molecule has 7 nitrogen and oxygen atoms in total. The summed E-state index contributed by atoms with van der Waals surface area (Å²) in [6.07, 6.45) is 3.05. The van der Waals surface area contributed by atoms with Gasteiger partial charge in [-0.1, -0.05) is 18.2 Å². The van der Waals surface area contributed by atoms with Crippen LogP contribution in [0.3, 0.4) is 0 Å². The lowest BCUT2D eigenvalue weighted by Gasteiger charge is -2.35. The van der Waals surface area contributed by atoms with Crippen LogP contribution < -0.4 is 10.3 Å². The molecule has 0 radical (unpaired) electrons. The zero-order valence-corrected chi connectivity index (χ0v) is 14.3. The van der Waals surface area contributed by atoms with E-state index in [4.69, 9.17) is 0 Å². The molecule has 7 heteroatoms. The lowest BCUT2D eigenvalue weighted by atomic mass is 10.2. The van der Waals surface area contributed by atoms with Crippen LogP contribution in [0.1, 0.15) is 0 Å². The first-order chi connectivity index (χ1) is 12.7. The third-order valence-corrected chi connectivity index (χ3v) is 4.65. The molecule has 0 unspecified atom stereocenters. The van der Waals surface area contributed by atoms with Gasteiger partial charge in [0.15, 0.2) is 0 Å². The summed E-state index contributed by atoms with van der Waals surface area (Å²) in [4.78, 5) is 33.0. The molecule has 0 spiro atoms. The summed E-state index contributed by atoms with van der Waals surface area (Å²) in [5, 5.41) is 4.72. The maximum absolute atomic E-state index is 12.7. The highest BCUT2D eigenvalue weighted by molar-refractivity contribution is 5.81. The van der Waals surface area contributed by atoms with E-state index in [0.29, 0.717) is 24.0 Å². The highest BCUT2D eigenvalue weighted by Gasteiger charge is 2.22. The van der Waals surface area contributed by atoms with Crippen LogP contribution in [0.25, 0.3) is 10.9 Å². The minimum atomic E-state index is -0.131. The van der Waals surface area contributed by atoms with Crippen molar-refractivity contribution in [2.24, 2.45) is 0 Å². The second kappa shape index (κ2) is 6.95. The van der Waals surface area contributed by atoms with E-state index < -0.39 is 0 Å². The van der Waals surface area contributed by atoms with Crippen molar-refractivity contribution in [1.29, 1.82) is 0 Å². The lowest BCUT2D eigenvalue weighted by molar-refractivity contribution is -0.132. The molecule has 1 aliphatic heterocycles. The molecule has 1 aliphatic rings. The highest BCUT2D eigenvalue weighted by atomic mass is 16.2. The number of aromatic nitrogens is 3. The molecule has 132 valence electrons. The van der Waals surface area contributed by atoms with E-state index in [1.807, 2.05) is 41.3 Å². The van der Waals surface area contributed by atoms with Crippen LogP contribution in [0.15, 0.2) is 59.7 Å². The van der Waals surface area contributed by atoms with Crippen LogP contribution in [0.2, 0.25) is 0 Å². The molecule has 1 amide bonds. The predicted molar refractivity (Wildman–Crippen MR) is 99.0 cm³/mol. The fraction of sp³-hybridized carbons (Fsp3) is 0.263. The molecule has 2 aromatic heterocycles. The van der Waals surface area contributed by atoms with Crippen LogP contribution in [0.4, 0.5) is 5.82 Å². The Bertz CT molecular complexity index is 978. The number of carbonyl (C=O) groups is 1. The Hall–Kier alpha value is -3.22. The van der Waals surface area contributed by atoms with Gasteiger partial charge >= 0.3 is 0 Å². The largest absolute Gasteiger partial charge is 0.353 e. The molecule has 1 aromatic carbocycles. The Morgan fingerprint density at radius 2 is 1.77 bits per heavy atom. The van der Waals surface area contributed by atoms with Crippen LogP contribution in [-0.2, 0) is 11.3 Å². The molecule has 1 saturated heterocycles. The number of hydrogen-bond donors (Lipinski definition) is 0. The summed E-state index contributed by atoms with van der Waals surface area (Å²) in [6.45, 7) is 2.92. The Morgan fingerprint density at radius 1 is 1.00 bits per heavy atom. The number of anilines is 1. The summed E-state index contributed by atoms with van der Waals surface area (Å²) in [5.41, 5.74) is 0.550. The number of piperazine rings is 1. The number of fused-ring (bicyclic) bond motifs is 1. The molecule has 26 heavy (non-hydrogen) atoms. The summed E-state index contributed by atoms with van der Waals surface area (Å²) in [6, 6.07) is 13.1. The third-order valence-electron chi connectivity index (χ3n) is 4.65. The first-order valence-corrected chi connectivity index (χ1v) is 8.61. The molecule has 0 saturated carbocycles. The monoisotopic (exact) mass is 349 g/mol. The van der Waals surface area contributed by atoms with E-state index in [-0.39, 0.29) is 17.9 Å². The standard InChI is InChI=1S/C19H19N5O2/c25-17-13-21-24(16-6-2-1-5-15(16)17)14-19(26)23-11-9-22(10-12-23)18-7-3-4-8-20-18/h1-8,13H,9-12,14H2. The van der Waals surface area contributed by atoms with Crippen molar-refractivity contribution in [3.63, 3.8) is 0 Å². The molecular weight excluding hydrogens is 330 g/mol. The van der Waals surface area contributed by atoms with E-state index in [1.165, 1.54) is 6.20 Å². The summed E-state index contributed by atoms with van der Waals surface area (Å²) in [7, 11) is 0. The molecule has 1 fully saturated rings. The van der Waals surface area contributed by atoms with Gasteiger partial charge in [-0.3, -0.25) is 14.3 Å². The highest BCUT2D eigenvalue weighted by Crippen LogP contribution is 2.13. The van der Waals surface area contributed by atoms with Crippen molar-refractivity contribution in [1.82, 2.24) is 19.7 Å². The first kappa shape index (κ1) is 16.3. The predicted octanol–water partition coefficient (Wildman–Crippen LogP) is 1.14. The summed E-state index contributed by atoms with van der Waals surface area (Å²) in [5.74, 6) is 0.944. The topological polar surface area (TPSA) is 71.3 Å². The van der Waals surface area contributed by atoms with Crippen molar-refractivity contribution >= 4 is 22.6 Å².